The lowest BCUT2D eigenvalue weighted by Crippen LogP contribution is -2.43. The van der Waals surface area contributed by atoms with Gasteiger partial charge in [-0.3, -0.25) is 4.90 Å². The molecule has 0 atom stereocenters. The highest BCUT2D eigenvalue weighted by molar-refractivity contribution is 5.15. The Morgan fingerprint density at radius 2 is 1.61 bits per heavy atom. The highest BCUT2D eigenvalue weighted by atomic mass is 16.3. The Bertz CT molecular complexity index is 486. The van der Waals surface area contributed by atoms with Gasteiger partial charge in [-0.1, -0.05) is 30.3 Å². The Hall–Kier alpha value is -0.900. The van der Waals surface area contributed by atoms with Crippen molar-refractivity contribution in [2.24, 2.45) is 5.41 Å². The third-order valence-electron chi connectivity index (χ3n) is 5.72. The zero-order chi connectivity index (χ0) is 16.3. The molecule has 0 unspecified atom stereocenters. The van der Waals surface area contributed by atoms with Crippen molar-refractivity contribution in [2.75, 3.05) is 32.7 Å². The van der Waals surface area contributed by atoms with Crippen molar-refractivity contribution in [2.45, 2.75) is 51.7 Å². The topological polar surface area (TPSA) is 26.7 Å². The molecule has 3 heteroatoms. The number of nitrogens with zero attached hydrogens (tertiary/aromatic N) is 2. The average Bonchev–Trinajstić information content (AvgIpc) is 2.90. The maximum Gasteiger partial charge on any atom is 0.0603 e. The maximum atomic E-state index is 9.89. The van der Waals surface area contributed by atoms with Gasteiger partial charge in [-0.15, -0.1) is 0 Å². The second kappa shape index (κ2) is 6.92. The Labute approximate surface area is 141 Å². The summed E-state index contributed by atoms with van der Waals surface area (Å²) >= 11 is 0. The highest BCUT2D eigenvalue weighted by Gasteiger charge is 2.40. The lowest BCUT2D eigenvalue weighted by molar-refractivity contribution is 0.0429. The molecule has 0 amide bonds. The van der Waals surface area contributed by atoms with Crippen molar-refractivity contribution in [3.8, 4) is 0 Å². The van der Waals surface area contributed by atoms with E-state index in [1.165, 1.54) is 51.0 Å². The molecular formula is C20H32N2O. The van der Waals surface area contributed by atoms with E-state index in [4.69, 9.17) is 0 Å². The van der Waals surface area contributed by atoms with Gasteiger partial charge in [-0.05, 0) is 70.1 Å². The lowest BCUT2D eigenvalue weighted by Gasteiger charge is -2.40. The zero-order valence-corrected chi connectivity index (χ0v) is 14.8. The largest absolute Gasteiger partial charge is 0.390 e. The van der Waals surface area contributed by atoms with Crippen LogP contribution in [0.1, 0.15) is 45.1 Å². The smallest absolute Gasteiger partial charge is 0.0603 e. The number of benzene rings is 1. The molecule has 0 saturated carbocycles. The van der Waals surface area contributed by atoms with E-state index in [2.05, 4.69) is 40.1 Å². The molecule has 1 aromatic carbocycles. The first-order chi connectivity index (χ1) is 10.9. The van der Waals surface area contributed by atoms with Gasteiger partial charge in [0.05, 0.1) is 5.60 Å². The molecule has 1 spiro atoms. The van der Waals surface area contributed by atoms with E-state index in [0.29, 0.717) is 5.41 Å². The summed E-state index contributed by atoms with van der Waals surface area (Å²) in [5.74, 6) is 0. The van der Waals surface area contributed by atoms with E-state index in [-0.39, 0.29) is 0 Å². The predicted molar refractivity (Wildman–Crippen MR) is 95.4 cm³/mol. The molecule has 128 valence electrons. The van der Waals surface area contributed by atoms with Gasteiger partial charge < -0.3 is 10.0 Å². The minimum absolute atomic E-state index is 0.533. The van der Waals surface area contributed by atoms with Gasteiger partial charge in [0.25, 0.3) is 0 Å². The first kappa shape index (κ1) is 16.9. The number of hydrogen-bond donors (Lipinski definition) is 1. The molecule has 23 heavy (non-hydrogen) atoms. The highest BCUT2D eigenvalue weighted by Crippen LogP contribution is 2.40. The first-order valence-corrected chi connectivity index (χ1v) is 9.15. The molecule has 2 saturated heterocycles. The summed E-state index contributed by atoms with van der Waals surface area (Å²) in [6.07, 6.45) is 4.88. The van der Waals surface area contributed by atoms with Gasteiger partial charge >= 0.3 is 0 Å². The van der Waals surface area contributed by atoms with Crippen LogP contribution in [-0.4, -0.2) is 53.2 Å². The van der Waals surface area contributed by atoms with Crippen molar-refractivity contribution < 1.29 is 5.11 Å². The Kier molecular flexibility index (Phi) is 5.10. The average molecular weight is 316 g/mol. The van der Waals surface area contributed by atoms with Crippen LogP contribution in [0, 0.1) is 5.41 Å². The summed E-state index contributed by atoms with van der Waals surface area (Å²) in [5.41, 5.74) is 1.46. The first-order valence-electron chi connectivity index (χ1n) is 9.15. The second-order valence-electron chi connectivity index (χ2n) is 8.35. The molecule has 2 aliphatic heterocycles. The van der Waals surface area contributed by atoms with E-state index in [0.717, 1.165) is 19.5 Å². The van der Waals surface area contributed by atoms with Crippen molar-refractivity contribution >= 4 is 0 Å². The van der Waals surface area contributed by atoms with Crippen LogP contribution < -0.4 is 0 Å². The fourth-order valence-corrected chi connectivity index (χ4v) is 4.10. The van der Waals surface area contributed by atoms with E-state index >= 15 is 0 Å². The van der Waals surface area contributed by atoms with Gasteiger partial charge in [-0.25, -0.2) is 0 Å². The normalized spacial score (nSPS) is 22.7. The van der Waals surface area contributed by atoms with Crippen LogP contribution in [0.15, 0.2) is 30.3 Å². The number of rotatable bonds is 5. The van der Waals surface area contributed by atoms with Gasteiger partial charge in [0.2, 0.25) is 0 Å². The molecule has 2 heterocycles. The number of hydrogen-bond acceptors (Lipinski definition) is 3. The number of piperidine rings is 1. The second-order valence-corrected chi connectivity index (χ2v) is 8.35. The number of aliphatic hydroxyl groups is 1. The third-order valence-corrected chi connectivity index (χ3v) is 5.72. The van der Waals surface area contributed by atoms with E-state index < -0.39 is 5.60 Å². The standard InChI is InChI=1S/C20H32N2O/c1-19(2,23)8-12-21-13-9-20(10-14-21)11-15-22(17-20)16-18-6-4-3-5-7-18/h3-7,23H,8-17H2,1-2H3. The zero-order valence-electron chi connectivity index (χ0n) is 14.8. The summed E-state index contributed by atoms with van der Waals surface area (Å²) in [7, 11) is 0. The molecule has 0 bridgehead atoms. The lowest BCUT2D eigenvalue weighted by atomic mass is 9.77. The Morgan fingerprint density at radius 1 is 1.00 bits per heavy atom. The summed E-state index contributed by atoms with van der Waals surface area (Å²) in [6.45, 7) is 10.9. The van der Waals surface area contributed by atoms with Gasteiger partial charge in [-0.2, -0.15) is 0 Å². The van der Waals surface area contributed by atoms with Crippen molar-refractivity contribution in [1.82, 2.24) is 9.80 Å². The van der Waals surface area contributed by atoms with E-state index in [9.17, 15) is 5.11 Å². The maximum absolute atomic E-state index is 9.89. The summed E-state index contributed by atoms with van der Waals surface area (Å²) in [6, 6.07) is 10.9. The molecule has 1 aromatic rings. The summed E-state index contributed by atoms with van der Waals surface area (Å²) < 4.78 is 0. The molecule has 3 nitrogen and oxygen atoms in total. The molecule has 0 aromatic heterocycles. The fraction of sp³-hybridized carbons (Fsp3) is 0.700. The molecule has 2 aliphatic rings. The van der Waals surface area contributed by atoms with Crippen LogP contribution in [0.4, 0.5) is 0 Å². The van der Waals surface area contributed by atoms with Crippen molar-refractivity contribution in [1.29, 1.82) is 0 Å². The Morgan fingerprint density at radius 3 is 2.22 bits per heavy atom. The van der Waals surface area contributed by atoms with Crippen LogP contribution in [0.25, 0.3) is 0 Å². The molecule has 2 fully saturated rings. The van der Waals surface area contributed by atoms with Gasteiger partial charge in [0, 0.05) is 19.6 Å². The molecule has 0 aliphatic carbocycles. The van der Waals surface area contributed by atoms with Crippen LogP contribution in [0.3, 0.4) is 0 Å². The third kappa shape index (κ3) is 4.79. The number of likely N-dealkylation sites (tertiary alicyclic amines) is 2. The fourth-order valence-electron chi connectivity index (χ4n) is 4.10. The van der Waals surface area contributed by atoms with E-state index in [1.807, 2.05) is 13.8 Å². The monoisotopic (exact) mass is 316 g/mol. The van der Waals surface area contributed by atoms with Gasteiger partial charge in [0.15, 0.2) is 0 Å². The molecule has 1 N–H and O–H groups in total. The Balaban J connectivity index is 1.46. The van der Waals surface area contributed by atoms with Crippen molar-refractivity contribution in [3.05, 3.63) is 35.9 Å². The minimum Gasteiger partial charge on any atom is -0.390 e. The van der Waals surface area contributed by atoms with Gasteiger partial charge in [0.1, 0.15) is 0 Å². The minimum atomic E-state index is -0.533. The van der Waals surface area contributed by atoms with Crippen LogP contribution in [0.2, 0.25) is 0 Å². The summed E-state index contributed by atoms with van der Waals surface area (Å²) in [5, 5.41) is 9.89. The van der Waals surface area contributed by atoms with Crippen LogP contribution in [-0.2, 0) is 6.54 Å². The van der Waals surface area contributed by atoms with E-state index in [1.54, 1.807) is 0 Å². The molecule has 3 rings (SSSR count). The molecule has 0 radical (unpaired) electrons. The quantitative estimate of drug-likeness (QED) is 0.904. The van der Waals surface area contributed by atoms with Crippen LogP contribution >= 0.6 is 0 Å². The molecular weight excluding hydrogens is 284 g/mol. The SMILES string of the molecule is CC(C)(O)CCN1CCC2(CC1)CCN(Cc1ccccc1)C2. The summed E-state index contributed by atoms with van der Waals surface area (Å²) in [4.78, 5) is 5.19. The van der Waals surface area contributed by atoms with Crippen LogP contribution in [0.5, 0.6) is 0 Å². The predicted octanol–water partition coefficient (Wildman–Crippen LogP) is 3.14. The van der Waals surface area contributed by atoms with Crippen molar-refractivity contribution in [3.63, 3.8) is 0 Å².